The fraction of sp³-hybridized carbons (Fsp3) is 0.250. The topological polar surface area (TPSA) is 57.9 Å². The van der Waals surface area contributed by atoms with Gasteiger partial charge in [0.05, 0.1) is 11.6 Å². The zero-order chi connectivity index (χ0) is 11.4. The molecule has 0 aromatic heterocycles. The minimum absolute atomic E-state index is 0.154. The van der Waals surface area contributed by atoms with Gasteiger partial charge in [-0.3, -0.25) is 9.59 Å². The summed E-state index contributed by atoms with van der Waals surface area (Å²) in [5.74, 6) is -0.154. The zero-order valence-corrected chi connectivity index (χ0v) is 8.70. The third kappa shape index (κ3) is 2.10. The average Bonchev–Trinajstić information content (AvgIpc) is 2.26. The van der Waals surface area contributed by atoms with Crippen LogP contribution in [-0.2, 0) is 6.42 Å². The van der Waals surface area contributed by atoms with Crippen LogP contribution < -0.4 is 0 Å². The van der Waals surface area contributed by atoms with E-state index in [2.05, 4.69) is 0 Å². The molecule has 0 atom stereocenters. The molecule has 1 aromatic carbocycles. The van der Waals surface area contributed by atoms with Crippen LogP contribution in [0.3, 0.4) is 0 Å². The zero-order valence-electron chi connectivity index (χ0n) is 8.70. The molecule has 3 heteroatoms. The van der Waals surface area contributed by atoms with E-state index in [-0.39, 0.29) is 11.3 Å². The molecule has 0 aliphatic carbocycles. The molecule has 0 radical (unpaired) electrons. The fourth-order valence-electron chi connectivity index (χ4n) is 1.46. The number of nitrogens with zero attached hydrogens (tertiary/aromatic N) is 1. The third-order valence-electron chi connectivity index (χ3n) is 2.29. The monoisotopic (exact) mass is 201 g/mol. The smallest absolute Gasteiger partial charge is 0.161 e. The molecule has 3 nitrogen and oxygen atoms in total. The molecule has 15 heavy (non-hydrogen) atoms. The summed E-state index contributed by atoms with van der Waals surface area (Å²) in [6.07, 6.45) is 1.38. The van der Waals surface area contributed by atoms with Crippen molar-refractivity contribution in [2.75, 3.05) is 0 Å². The second kappa shape index (κ2) is 4.52. The second-order valence-corrected chi connectivity index (χ2v) is 3.24. The molecule has 0 aliphatic heterocycles. The summed E-state index contributed by atoms with van der Waals surface area (Å²) in [5, 5.41) is 8.83. The second-order valence-electron chi connectivity index (χ2n) is 3.24. The maximum Gasteiger partial charge on any atom is 0.161 e. The molecule has 1 rings (SSSR count). The van der Waals surface area contributed by atoms with Gasteiger partial charge in [-0.05, 0) is 31.0 Å². The summed E-state index contributed by atoms with van der Waals surface area (Å²) in [4.78, 5) is 22.0. The van der Waals surface area contributed by atoms with E-state index in [1.807, 2.05) is 13.0 Å². The van der Waals surface area contributed by atoms with E-state index in [0.717, 1.165) is 5.56 Å². The summed E-state index contributed by atoms with van der Waals surface area (Å²) in [6, 6.07) is 5.03. The lowest BCUT2D eigenvalue weighted by Gasteiger charge is -2.06. The fourth-order valence-corrected chi connectivity index (χ4v) is 1.46. The molecule has 0 N–H and O–H groups in total. The Balaban J connectivity index is 3.49. The number of aldehydes is 1. The van der Waals surface area contributed by atoms with Gasteiger partial charge in [0.2, 0.25) is 0 Å². The van der Waals surface area contributed by atoms with Crippen molar-refractivity contribution in [3.05, 3.63) is 34.4 Å². The number of carbonyl (C=O) groups excluding carboxylic acids is 2. The largest absolute Gasteiger partial charge is 0.298 e. The van der Waals surface area contributed by atoms with Crippen molar-refractivity contribution >= 4 is 12.1 Å². The van der Waals surface area contributed by atoms with Crippen LogP contribution in [0.5, 0.6) is 0 Å². The van der Waals surface area contributed by atoms with Crippen LogP contribution in [0, 0.1) is 11.3 Å². The van der Waals surface area contributed by atoms with Gasteiger partial charge in [-0.1, -0.05) is 6.92 Å². The predicted octanol–water partition coefficient (Wildman–Crippen LogP) is 2.14. The maximum atomic E-state index is 11.3. The Kier molecular flexibility index (Phi) is 3.35. The first kappa shape index (κ1) is 11.1. The van der Waals surface area contributed by atoms with Crippen molar-refractivity contribution in [3.63, 3.8) is 0 Å². The summed E-state index contributed by atoms with van der Waals surface area (Å²) in [6.45, 7) is 3.31. The van der Waals surface area contributed by atoms with Gasteiger partial charge in [0.25, 0.3) is 0 Å². The Morgan fingerprint density at radius 3 is 2.60 bits per heavy atom. The Bertz CT molecular complexity index is 455. The van der Waals surface area contributed by atoms with Crippen LogP contribution in [-0.4, -0.2) is 12.1 Å². The summed E-state index contributed by atoms with van der Waals surface area (Å²) >= 11 is 0. The van der Waals surface area contributed by atoms with Crippen LogP contribution in [0.2, 0.25) is 0 Å². The van der Waals surface area contributed by atoms with Crippen LogP contribution in [0.25, 0.3) is 0 Å². The lowest BCUT2D eigenvalue weighted by atomic mass is 9.96. The molecular formula is C12H11NO2. The highest BCUT2D eigenvalue weighted by atomic mass is 16.1. The van der Waals surface area contributed by atoms with E-state index in [4.69, 9.17) is 5.26 Å². The Hall–Kier alpha value is -1.95. The van der Waals surface area contributed by atoms with Crippen LogP contribution in [0.4, 0.5) is 0 Å². The van der Waals surface area contributed by atoms with Crippen LogP contribution in [0.1, 0.15) is 45.7 Å². The van der Waals surface area contributed by atoms with Gasteiger partial charge in [-0.2, -0.15) is 5.26 Å². The number of nitriles is 1. The first-order valence-corrected chi connectivity index (χ1v) is 4.67. The minimum atomic E-state index is -0.154. The maximum absolute atomic E-state index is 11.3. The van der Waals surface area contributed by atoms with Crippen molar-refractivity contribution in [2.45, 2.75) is 20.3 Å². The Labute approximate surface area is 88.3 Å². The molecular weight excluding hydrogens is 190 g/mol. The SMILES string of the molecule is CCc1cc(C(C)=O)c(C#N)cc1C=O. The van der Waals surface area contributed by atoms with Gasteiger partial charge in [-0.15, -0.1) is 0 Å². The average molecular weight is 201 g/mol. The molecule has 0 saturated heterocycles. The predicted molar refractivity (Wildman–Crippen MR) is 55.9 cm³/mol. The molecule has 76 valence electrons. The number of hydrogen-bond acceptors (Lipinski definition) is 3. The number of hydrogen-bond donors (Lipinski definition) is 0. The molecule has 0 aliphatic rings. The van der Waals surface area contributed by atoms with E-state index >= 15 is 0 Å². The van der Waals surface area contributed by atoms with Crippen molar-refractivity contribution in [1.29, 1.82) is 5.26 Å². The van der Waals surface area contributed by atoms with E-state index < -0.39 is 0 Å². The number of Topliss-reactive ketones (excluding diaryl/α,β-unsaturated/α-hetero) is 1. The molecule has 1 aromatic rings. The van der Waals surface area contributed by atoms with Crippen LogP contribution >= 0.6 is 0 Å². The molecule has 0 amide bonds. The number of ketones is 1. The number of rotatable bonds is 3. The standard InChI is InChI=1S/C12H11NO2/c1-3-9-5-12(8(2)15)10(6-13)4-11(9)7-14/h4-5,7H,3H2,1-2H3. The van der Waals surface area contributed by atoms with Crippen LogP contribution in [0.15, 0.2) is 12.1 Å². The normalized spacial score (nSPS) is 9.40. The minimum Gasteiger partial charge on any atom is -0.298 e. The van der Waals surface area contributed by atoms with Gasteiger partial charge < -0.3 is 0 Å². The van der Waals surface area contributed by atoms with Gasteiger partial charge in [0.15, 0.2) is 5.78 Å². The molecule has 0 heterocycles. The first-order chi connectivity index (χ1) is 7.13. The summed E-state index contributed by atoms with van der Waals surface area (Å²) in [5.41, 5.74) is 1.94. The first-order valence-electron chi connectivity index (χ1n) is 4.67. The van der Waals surface area contributed by atoms with Crippen molar-refractivity contribution < 1.29 is 9.59 Å². The van der Waals surface area contributed by atoms with Gasteiger partial charge in [0.1, 0.15) is 6.29 Å². The molecule has 0 fully saturated rings. The lowest BCUT2D eigenvalue weighted by Crippen LogP contribution is -2.02. The number of aryl methyl sites for hydroxylation is 1. The number of benzene rings is 1. The summed E-state index contributed by atoms with van der Waals surface area (Å²) < 4.78 is 0. The highest BCUT2D eigenvalue weighted by Gasteiger charge is 2.11. The van der Waals surface area contributed by atoms with E-state index in [0.29, 0.717) is 23.8 Å². The van der Waals surface area contributed by atoms with E-state index in [1.54, 1.807) is 6.07 Å². The van der Waals surface area contributed by atoms with Gasteiger partial charge in [-0.25, -0.2) is 0 Å². The molecule has 0 unspecified atom stereocenters. The van der Waals surface area contributed by atoms with Crippen molar-refractivity contribution in [2.24, 2.45) is 0 Å². The molecule has 0 spiro atoms. The Morgan fingerprint density at radius 1 is 1.53 bits per heavy atom. The van der Waals surface area contributed by atoms with E-state index in [1.165, 1.54) is 13.0 Å². The quantitative estimate of drug-likeness (QED) is 0.556. The highest BCUT2D eigenvalue weighted by molar-refractivity contribution is 5.97. The molecule has 0 saturated carbocycles. The number of carbonyl (C=O) groups is 2. The van der Waals surface area contributed by atoms with E-state index in [9.17, 15) is 9.59 Å². The van der Waals surface area contributed by atoms with Gasteiger partial charge in [0, 0.05) is 11.1 Å². The summed E-state index contributed by atoms with van der Waals surface area (Å²) in [7, 11) is 0. The third-order valence-corrected chi connectivity index (χ3v) is 2.29. The lowest BCUT2D eigenvalue weighted by molar-refractivity contribution is 0.101. The van der Waals surface area contributed by atoms with Crippen molar-refractivity contribution in [3.8, 4) is 6.07 Å². The molecule has 0 bridgehead atoms. The van der Waals surface area contributed by atoms with Gasteiger partial charge >= 0.3 is 0 Å². The Morgan fingerprint density at radius 2 is 2.20 bits per heavy atom. The van der Waals surface area contributed by atoms with Crippen molar-refractivity contribution in [1.82, 2.24) is 0 Å². The highest BCUT2D eigenvalue weighted by Crippen LogP contribution is 2.16.